The van der Waals surface area contributed by atoms with Crippen LogP contribution < -0.4 is 5.32 Å². The molecule has 1 aromatic rings. The van der Waals surface area contributed by atoms with Gasteiger partial charge in [0.25, 0.3) is 0 Å². The Kier molecular flexibility index (Phi) is 2.12. The van der Waals surface area contributed by atoms with Crippen molar-refractivity contribution in [3.63, 3.8) is 0 Å². The highest BCUT2D eigenvalue weighted by Gasteiger charge is 2.17. The van der Waals surface area contributed by atoms with Gasteiger partial charge in [-0.05, 0) is 29.5 Å². The second-order valence-corrected chi connectivity index (χ2v) is 4.22. The molecule has 1 heteroatoms. The second kappa shape index (κ2) is 3.15. The number of nitrogens with one attached hydrogen (secondary N) is 1. The highest BCUT2D eigenvalue weighted by molar-refractivity contribution is 5.38. The molecule has 0 spiro atoms. The van der Waals surface area contributed by atoms with Crippen molar-refractivity contribution in [2.45, 2.75) is 39.3 Å². The molecule has 0 radical (unpaired) electrons. The summed E-state index contributed by atoms with van der Waals surface area (Å²) in [6, 6.07) is 7.41. The maximum Gasteiger partial charge on any atom is 0.0298 e. The van der Waals surface area contributed by atoms with E-state index in [0.29, 0.717) is 12.0 Å². The topological polar surface area (TPSA) is 12.0 Å². The molecule has 70 valence electrons. The molecule has 1 aromatic carbocycles. The minimum absolute atomic E-state index is 0.536. The third kappa shape index (κ3) is 1.49. The van der Waals surface area contributed by atoms with E-state index in [4.69, 9.17) is 0 Å². The number of fused-ring (bicyclic) bond motifs is 1. The van der Waals surface area contributed by atoms with Crippen molar-refractivity contribution >= 4 is 0 Å². The molecular formula is C12H17N. The van der Waals surface area contributed by atoms with Crippen LogP contribution in [0.4, 0.5) is 0 Å². The first-order valence-corrected chi connectivity index (χ1v) is 5.04. The Morgan fingerprint density at radius 2 is 2.15 bits per heavy atom. The second-order valence-electron chi connectivity index (χ2n) is 4.22. The van der Waals surface area contributed by atoms with E-state index < -0.39 is 0 Å². The van der Waals surface area contributed by atoms with Gasteiger partial charge < -0.3 is 5.32 Å². The Hall–Kier alpha value is -0.820. The summed E-state index contributed by atoms with van der Waals surface area (Å²) in [6.07, 6.45) is 0. The van der Waals surface area contributed by atoms with E-state index >= 15 is 0 Å². The predicted octanol–water partition coefficient (Wildman–Crippen LogP) is 2.97. The lowest BCUT2D eigenvalue weighted by Gasteiger charge is -2.09. The van der Waals surface area contributed by atoms with Crippen molar-refractivity contribution in [1.82, 2.24) is 5.32 Å². The summed E-state index contributed by atoms with van der Waals surface area (Å²) in [5.74, 6) is 0.637. The van der Waals surface area contributed by atoms with Crippen LogP contribution in [0.2, 0.25) is 0 Å². The van der Waals surface area contributed by atoms with Gasteiger partial charge >= 0.3 is 0 Å². The fraction of sp³-hybridized carbons (Fsp3) is 0.500. The van der Waals surface area contributed by atoms with Crippen molar-refractivity contribution in [3.05, 3.63) is 34.9 Å². The first kappa shape index (κ1) is 8.76. The average molecular weight is 175 g/mol. The summed E-state index contributed by atoms with van der Waals surface area (Å²) < 4.78 is 0. The molecule has 1 aliphatic heterocycles. The maximum atomic E-state index is 3.45. The van der Waals surface area contributed by atoms with Gasteiger partial charge in [0.2, 0.25) is 0 Å². The third-order valence-corrected chi connectivity index (χ3v) is 2.90. The average Bonchev–Trinajstić information content (AvgIpc) is 2.47. The zero-order chi connectivity index (χ0) is 9.42. The Morgan fingerprint density at radius 3 is 2.85 bits per heavy atom. The summed E-state index contributed by atoms with van der Waals surface area (Å²) in [5, 5.41) is 3.45. The molecule has 1 N–H and O–H groups in total. The normalized spacial score (nSPS) is 20.8. The molecule has 1 aliphatic rings. The minimum Gasteiger partial charge on any atom is -0.306 e. The fourth-order valence-corrected chi connectivity index (χ4v) is 1.91. The van der Waals surface area contributed by atoms with Crippen molar-refractivity contribution in [1.29, 1.82) is 0 Å². The third-order valence-electron chi connectivity index (χ3n) is 2.90. The van der Waals surface area contributed by atoms with Crippen LogP contribution in [0.15, 0.2) is 18.2 Å². The maximum absolute atomic E-state index is 3.45. The Morgan fingerprint density at radius 1 is 1.38 bits per heavy atom. The predicted molar refractivity (Wildman–Crippen MR) is 55.8 cm³/mol. The zero-order valence-electron chi connectivity index (χ0n) is 8.59. The van der Waals surface area contributed by atoms with Crippen LogP contribution in [0.25, 0.3) is 0 Å². The number of hydrogen-bond acceptors (Lipinski definition) is 1. The van der Waals surface area contributed by atoms with Gasteiger partial charge in [-0.15, -0.1) is 0 Å². The quantitative estimate of drug-likeness (QED) is 0.692. The molecule has 0 unspecified atom stereocenters. The van der Waals surface area contributed by atoms with E-state index in [1.54, 1.807) is 0 Å². The van der Waals surface area contributed by atoms with Gasteiger partial charge in [0, 0.05) is 12.6 Å². The van der Waals surface area contributed by atoms with Crippen molar-refractivity contribution in [2.75, 3.05) is 0 Å². The molecule has 0 saturated heterocycles. The van der Waals surface area contributed by atoms with Gasteiger partial charge in [0.05, 0.1) is 0 Å². The molecule has 0 aliphatic carbocycles. The molecule has 13 heavy (non-hydrogen) atoms. The van der Waals surface area contributed by atoms with Crippen LogP contribution in [0.5, 0.6) is 0 Å². The van der Waals surface area contributed by atoms with Crippen LogP contribution >= 0.6 is 0 Å². The summed E-state index contributed by atoms with van der Waals surface area (Å²) in [7, 11) is 0. The van der Waals surface area contributed by atoms with Gasteiger partial charge in [-0.2, -0.15) is 0 Å². The van der Waals surface area contributed by atoms with Crippen LogP contribution in [0.3, 0.4) is 0 Å². The van der Waals surface area contributed by atoms with Gasteiger partial charge in [-0.3, -0.25) is 0 Å². The molecule has 1 nitrogen and oxygen atoms in total. The molecule has 2 rings (SSSR count). The molecule has 1 heterocycles. The van der Waals surface area contributed by atoms with E-state index in [0.717, 1.165) is 6.54 Å². The van der Waals surface area contributed by atoms with E-state index in [1.165, 1.54) is 16.7 Å². The standard InChI is InChI=1S/C12H17N/c1-8(2)10-4-5-11-7-13-9(3)12(11)6-10/h4-6,8-9,13H,7H2,1-3H3/t9-/m1/s1. The van der Waals surface area contributed by atoms with Crippen LogP contribution in [-0.4, -0.2) is 0 Å². The minimum atomic E-state index is 0.536. The lowest BCUT2D eigenvalue weighted by Crippen LogP contribution is -2.07. The number of benzene rings is 1. The summed E-state index contributed by atoms with van der Waals surface area (Å²) in [6.45, 7) is 7.76. The van der Waals surface area contributed by atoms with E-state index in [-0.39, 0.29) is 0 Å². The largest absolute Gasteiger partial charge is 0.306 e. The van der Waals surface area contributed by atoms with Crippen molar-refractivity contribution in [2.24, 2.45) is 0 Å². The van der Waals surface area contributed by atoms with Crippen LogP contribution in [-0.2, 0) is 6.54 Å². The molecule has 1 atom stereocenters. The Balaban J connectivity index is 2.42. The molecular weight excluding hydrogens is 158 g/mol. The number of rotatable bonds is 1. The monoisotopic (exact) mass is 175 g/mol. The smallest absolute Gasteiger partial charge is 0.0298 e. The lowest BCUT2D eigenvalue weighted by atomic mass is 9.96. The van der Waals surface area contributed by atoms with Crippen LogP contribution in [0, 0.1) is 0 Å². The van der Waals surface area contributed by atoms with E-state index in [1.807, 2.05) is 0 Å². The Labute approximate surface area is 80.2 Å². The molecule has 0 bridgehead atoms. The molecule has 0 aromatic heterocycles. The fourth-order valence-electron chi connectivity index (χ4n) is 1.91. The molecule has 0 saturated carbocycles. The van der Waals surface area contributed by atoms with Crippen LogP contribution in [0.1, 0.15) is 49.4 Å². The van der Waals surface area contributed by atoms with Gasteiger partial charge in [0.15, 0.2) is 0 Å². The van der Waals surface area contributed by atoms with Gasteiger partial charge in [-0.1, -0.05) is 32.0 Å². The van der Waals surface area contributed by atoms with E-state index in [2.05, 4.69) is 44.3 Å². The lowest BCUT2D eigenvalue weighted by molar-refractivity contribution is 0.633. The molecule has 0 fully saturated rings. The van der Waals surface area contributed by atoms with Crippen molar-refractivity contribution in [3.8, 4) is 0 Å². The summed E-state index contributed by atoms with van der Waals surface area (Å²) in [4.78, 5) is 0. The SMILES string of the molecule is CC(C)c1ccc2c(c1)[C@@H](C)NC2. The first-order chi connectivity index (χ1) is 6.18. The highest BCUT2D eigenvalue weighted by atomic mass is 14.9. The van der Waals surface area contributed by atoms with Gasteiger partial charge in [0.1, 0.15) is 0 Å². The zero-order valence-corrected chi connectivity index (χ0v) is 8.59. The summed E-state index contributed by atoms with van der Waals surface area (Å²) in [5.41, 5.74) is 4.41. The van der Waals surface area contributed by atoms with Gasteiger partial charge in [-0.25, -0.2) is 0 Å². The summed E-state index contributed by atoms with van der Waals surface area (Å²) >= 11 is 0. The number of hydrogen-bond donors (Lipinski definition) is 1. The van der Waals surface area contributed by atoms with Crippen molar-refractivity contribution < 1.29 is 0 Å². The Bertz CT molecular complexity index is 315. The van der Waals surface area contributed by atoms with E-state index in [9.17, 15) is 0 Å². The first-order valence-electron chi connectivity index (χ1n) is 5.04. The molecule has 0 amide bonds. The highest BCUT2D eigenvalue weighted by Crippen LogP contribution is 2.28.